The van der Waals surface area contributed by atoms with Crippen LogP contribution >= 0.6 is 0 Å². The Morgan fingerprint density at radius 3 is 2.30 bits per heavy atom. The number of likely N-dealkylation sites (N-methyl/N-ethyl adjacent to an activating group) is 1. The molecule has 0 aliphatic carbocycles. The summed E-state index contributed by atoms with van der Waals surface area (Å²) in [6, 6.07) is 10.8. The van der Waals surface area contributed by atoms with Crippen molar-refractivity contribution in [2.45, 2.75) is 58.8 Å². The highest BCUT2D eigenvalue weighted by Gasteiger charge is 2.32. The molecule has 0 bridgehead atoms. The van der Waals surface area contributed by atoms with Crippen LogP contribution in [0.5, 0.6) is 0 Å². The summed E-state index contributed by atoms with van der Waals surface area (Å²) in [5.41, 5.74) is 0.737. The fourth-order valence-electron chi connectivity index (χ4n) is 4.02. The maximum absolute atomic E-state index is 13.4. The molecule has 0 aliphatic heterocycles. The Balaban J connectivity index is 2.25. The molecule has 2 aromatic carbocycles. The van der Waals surface area contributed by atoms with E-state index in [1.165, 1.54) is 11.0 Å². The summed E-state index contributed by atoms with van der Waals surface area (Å²) in [6.07, 6.45) is -3.38. The molecule has 1 unspecified atom stereocenters. The van der Waals surface area contributed by atoms with Crippen LogP contribution in [-0.2, 0) is 32.3 Å². The molecule has 2 aromatic rings. The molecule has 0 heterocycles. The van der Waals surface area contributed by atoms with Crippen molar-refractivity contribution in [3.63, 3.8) is 0 Å². The minimum absolute atomic E-state index is 0.0538. The Morgan fingerprint density at radius 2 is 1.73 bits per heavy atom. The molecule has 0 radical (unpaired) electrons. The molecule has 1 N–H and O–H groups in total. The van der Waals surface area contributed by atoms with Crippen LogP contribution in [0, 0.1) is 6.92 Å². The number of benzene rings is 2. The average Bonchev–Trinajstić information content (AvgIpc) is 2.81. The number of nitrogens with zero attached hydrogens (tertiary/aromatic N) is 2. The lowest BCUT2D eigenvalue weighted by molar-refractivity contribution is -0.141. The molecule has 0 aliphatic rings. The molecule has 204 valence electrons. The van der Waals surface area contributed by atoms with Crippen molar-refractivity contribution in [3.05, 3.63) is 65.2 Å². The minimum Gasteiger partial charge on any atom is -0.355 e. The Morgan fingerprint density at radius 1 is 1.05 bits per heavy atom. The summed E-state index contributed by atoms with van der Waals surface area (Å²) < 4.78 is 65.1. The van der Waals surface area contributed by atoms with Gasteiger partial charge in [0, 0.05) is 26.1 Å². The highest BCUT2D eigenvalue weighted by Crippen LogP contribution is 2.32. The Bertz CT molecular complexity index is 1190. The van der Waals surface area contributed by atoms with E-state index in [1.807, 2.05) is 31.2 Å². The van der Waals surface area contributed by atoms with Crippen molar-refractivity contribution in [3.8, 4) is 0 Å². The molecule has 37 heavy (non-hydrogen) atoms. The van der Waals surface area contributed by atoms with Crippen molar-refractivity contribution < 1.29 is 31.2 Å². The number of nitrogens with one attached hydrogen (secondary N) is 1. The third kappa shape index (κ3) is 8.48. The molecule has 0 saturated carbocycles. The van der Waals surface area contributed by atoms with Gasteiger partial charge in [0.2, 0.25) is 21.8 Å². The van der Waals surface area contributed by atoms with E-state index in [-0.39, 0.29) is 43.4 Å². The van der Waals surface area contributed by atoms with Gasteiger partial charge in [-0.1, -0.05) is 37.3 Å². The number of aryl methyl sites for hydroxylation is 1. The standard InChI is InChI=1S/C26H34F3N3O4S/c1-5-23(25(34)30-6-2)31(18-20-12-8-7-11-19(20)3)24(33)15-10-16-32(37(4,35)36)22-14-9-13-21(17-22)26(27,28)29/h7-9,11-14,17,23H,5-6,10,15-16,18H2,1-4H3,(H,30,34). The number of halogens is 3. The van der Waals surface area contributed by atoms with Gasteiger partial charge >= 0.3 is 6.18 Å². The number of amides is 2. The first-order valence-electron chi connectivity index (χ1n) is 12.1. The van der Waals surface area contributed by atoms with Gasteiger partial charge in [0.1, 0.15) is 6.04 Å². The monoisotopic (exact) mass is 541 g/mol. The first kappa shape index (κ1) is 30.1. The normalized spacial score (nSPS) is 12.6. The van der Waals surface area contributed by atoms with Crippen LogP contribution in [0.2, 0.25) is 0 Å². The van der Waals surface area contributed by atoms with Crippen molar-refractivity contribution in [2.75, 3.05) is 23.7 Å². The maximum Gasteiger partial charge on any atom is 0.416 e. The highest BCUT2D eigenvalue weighted by atomic mass is 32.2. The fraction of sp³-hybridized carbons (Fsp3) is 0.462. The molecule has 7 nitrogen and oxygen atoms in total. The number of alkyl halides is 3. The molecular formula is C26H34F3N3O4S. The van der Waals surface area contributed by atoms with Crippen molar-refractivity contribution in [1.29, 1.82) is 0 Å². The van der Waals surface area contributed by atoms with Gasteiger partial charge in [0.05, 0.1) is 17.5 Å². The van der Waals surface area contributed by atoms with E-state index < -0.39 is 27.8 Å². The lowest BCUT2D eigenvalue weighted by Gasteiger charge is -2.31. The van der Waals surface area contributed by atoms with E-state index >= 15 is 0 Å². The van der Waals surface area contributed by atoms with Crippen molar-refractivity contribution in [1.82, 2.24) is 10.2 Å². The zero-order valence-electron chi connectivity index (χ0n) is 21.5. The third-order valence-corrected chi connectivity index (χ3v) is 7.15. The van der Waals surface area contributed by atoms with Gasteiger partial charge in [-0.2, -0.15) is 13.2 Å². The zero-order chi connectivity index (χ0) is 27.8. The largest absolute Gasteiger partial charge is 0.416 e. The number of rotatable bonds is 12. The lowest BCUT2D eigenvalue weighted by Crippen LogP contribution is -2.49. The predicted octanol–water partition coefficient (Wildman–Crippen LogP) is 4.50. The fourth-order valence-corrected chi connectivity index (χ4v) is 4.98. The second kappa shape index (κ2) is 12.9. The molecular weight excluding hydrogens is 507 g/mol. The number of carbonyl (C=O) groups excluding carboxylic acids is 2. The molecule has 0 fully saturated rings. The first-order chi connectivity index (χ1) is 17.3. The van der Waals surface area contributed by atoms with E-state index in [1.54, 1.807) is 13.8 Å². The number of sulfonamides is 1. The van der Waals surface area contributed by atoms with Crippen molar-refractivity contribution >= 4 is 27.5 Å². The average molecular weight is 542 g/mol. The van der Waals surface area contributed by atoms with E-state index in [2.05, 4.69) is 5.32 Å². The molecule has 1 atom stereocenters. The summed E-state index contributed by atoms with van der Waals surface area (Å²) in [5.74, 6) is -0.632. The van der Waals surface area contributed by atoms with Crippen LogP contribution in [0.1, 0.15) is 49.8 Å². The second-order valence-electron chi connectivity index (χ2n) is 8.75. The van der Waals surface area contributed by atoms with Gasteiger partial charge in [-0.3, -0.25) is 13.9 Å². The molecule has 2 amide bonds. The maximum atomic E-state index is 13.4. The van der Waals surface area contributed by atoms with E-state index in [4.69, 9.17) is 0 Å². The van der Waals surface area contributed by atoms with E-state index in [0.717, 1.165) is 39.9 Å². The van der Waals surface area contributed by atoms with Gasteiger partial charge in [0.15, 0.2) is 0 Å². The molecule has 11 heteroatoms. The van der Waals surface area contributed by atoms with Crippen LogP contribution in [0.4, 0.5) is 18.9 Å². The number of hydrogen-bond donors (Lipinski definition) is 1. The summed E-state index contributed by atoms with van der Waals surface area (Å²) in [6.45, 7) is 5.90. The van der Waals surface area contributed by atoms with Gasteiger partial charge in [-0.15, -0.1) is 0 Å². The summed E-state index contributed by atoms with van der Waals surface area (Å²) in [5, 5.41) is 2.75. The Hall–Kier alpha value is -3.08. The van der Waals surface area contributed by atoms with Crippen LogP contribution < -0.4 is 9.62 Å². The summed E-state index contributed by atoms with van der Waals surface area (Å²) >= 11 is 0. The smallest absolute Gasteiger partial charge is 0.355 e. The molecule has 0 spiro atoms. The van der Waals surface area contributed by atoms with Crippen LogP contribution in [0.25, 0.3) is 0 Å². The minimum atomic E-state index is -4.63. The van der Waals surface area contributed by atoms with Gasteiger partial charge in [0.25, 0.3) is 0 Å². The Labute approximate surface area is 216 Å². The topological polar surface area (TPSA) is 86.8 Å². The molecule has 0 saturated heterocycles. The number of carbonyl (C=O) groups is 2. The SMILES string of the molecule is CCNC(=O)C(CC)N(Cc1ccccc1C)C(=O)CCCN(c1cccc(C(F)(F)F)c1)S(C)(=O)=O. The van der Waals surface area contributed by atoms with Gasteiger partial charge in [-0.25, -0.2) is 8.42 Å². The van der Waals surface area contributed by atoms with E-state index in [0.29, 0.717) is 13.0 Å². The molecule has 0 aromatic heterocycles. The number of anilines is 1. The lowest BCUT2D eigenvalue weighted by atomic mass is 10.1. The summed E-state index contributed by atoms with van der Waals surface area (Å²) in [7, 11) is -3.92. The summed E-state index contributed by atoms with van der Waals surface area (Å²) in [4.78, 5) is 27.6. The van der Waals surface area contributed by atoms with Gasteiger partial charge in [-0.05, 0) is 56.0 Å². The quantitative estimate of drug-likeness (QED) is 0.429. The first-order valence-corrected chi connectivity index (χ1v) is 13.9. The van der Waals surface area contributed by atoms with E-state index in [9.17, 15) is 31.2 Å². The zero-order valence-corrected chi connectivity index (χ0v) is 22.3. The van der Waals surface area contributed by atoms with Crippen LogP contribution in [-0.4, -0.2) is 50.5 Å². The van der Waals surface area contributed by atoms with Crippen molar-refractivity contribution in [2.24, 2.45) is 0 Å². The third-order valence-electron chi connectivity index (χ3n) is 5.95. The van der Waals surface area contributed by atoms with Gasteiger partial charge < -0.3 is 10.2 Å². The van der Waals surface area contributed by atoms with Crippen LogP contribution in [0.3, 0.4) is 0 Å². The Kier molecular flexibility index (Phi) is 10.5. The molecule has 2 rings (SSSR count). The number of hydrogen-bond acceptors (Lipinski definition) is 4. The second-order valence-corrected chi connectivity index (χ2v) is 10.7. The predicted molar refractivity (Wildman–Crippen MR) is 137 cm³/mol. The highest BCUT2D eigenvalue weighted by molar-refractivity contribution is 7.92. The van der Waals surface area contributed by atoms with Crippen LogP contribution in [0.15, 0.2) is 48.5 Å².